The molecule has 0 bridgehead atoms. The van der Waals surface area contributed by atoms with E-state index in [9.17, 15) is 0 Å². The maximum atomic E-state index is 5.30. The Labute approximate surface area is 109 Å². The van der Waals surface area contributed by atoms with Crippen LogP contribution in [0.1, 0.15) is 66.7 Å². The quantitative estimate of drug-likeness (QED) is 0.492. The zero-order chi connectivity index (χ0) is 13.3. The van der Waals surface area contributed by atoms with Gasteiger partial charge in [-0.3, -0.25) is 0 Å². The lowest BCUT2D eigenvalue weighted by molar-refractivity contribution is 0.270. The monoisotopic (exact) mass is 237 g/mol. The van der Waals surface area contributed by atoms with Crippen LogP contribution in [0.5, 0.6) is 0 Å². The van der Waals surface area contributed by atoms with E-state index in [0.717, 1.165) is 25.3 Å². The second kappa shape index (κ2) is 8.59. The summed E-state index contributed by atoms with van der Waals surface area (Å²) in [6.45, 7) is 12.6. The summed E-state index contributed by atoms with van der Waals surface area (Å²) >= 11 is 0. The maximum Gasteiger partial charge on any atom is 0.00866 e. The predicted molar refractivity (Wildman–Crippen MR) is 78.0 cm³/mol. The molecule has 0 amide bonds. The molecule has 0 aromatic heterocycles. The SMILES string of the molecule is C#CCCCC(CC(C)CC(C)(C)C)NCC. The zero-order valence-corrected chi connectivity index (χ0v) is 12.5. The summed E-state index contributed by atoms with van der Waals surface area (Å²) in [7, 11) is 0. The fraction of sp³-hybridized carbons (Fsp3) is 0.875. The average Bonchev–Trinajstić information content (AvgIpc) is 2.15. The first kappa shape index (κ1) is 16.5. The van der Waals surface area contributed by atoms with E-state index in [4.69, 9.17) is 6.42 Å². The van der Waals surface area contributed by atoms with Gasteiger partial charge in [0.2, 0.25) is 0 Å². The van der Waals surface area contributed by atoms with Crippen molar-refractivity contribution in [2.45, 2.75) is 72.8 Å². The van der Waals surface area contributed by atoms with Gasteiger partial charge >= 0.3 is 0 Å². The molecule has 0 rings (SSSR count). The highest BCUT2D eigenvalue weighted by Crippen LogP contribution is 2.27. The van der Waals surface area contributed by atoms with Crippen LogP contribution in [0.3, 0.4) is 0 Å². The molecule has 2 unspecified atom stereocenters. The van der Waals surface area contributed by atoms with Gasteiger partial charge in [-0.2, -0.15) is 0 Å². The maximum absolute atomic E-state index is 5.30. The van der Waals surface area contributed by atoms with Crippen LogP contribution in [0.2, 0.25) is 0 Å². The summed E-state index contributed by atoms with van der Waals surface area (Å²) < 4.78 is 0. The zero-order valence-electron chi connectivity index (χ0n) is 12.5. The van der Waals surface area contributed by atoms with Crippen molar-refractivity contribution in [3.05, 3.63) is 0 Å². The summed E-state index contributed by atoms with van der Waals surface area (Å²) in [5.41, 5.74) is 0.439. The summed E-state index contributed by atoms with van der Waals surface area (Å²) in [4.78, 5) is 0. The van der Waals surface area contributed by atoms with Crippen molar-refractivity contribution in [3.8, 4) is 12.3 Å². The van der Waals surface area contributed by atoms with E-state index in [1.54, 1.807) is 0 Å². The molecule has 1 heteroatoms. The highest BCUT2D eigenvalue weighted by Gasteiger charge is 2.18. The van der Waals surface area contributed by atoms with Crippen molar-refractivity contribution >= 4 is 0 Å². The minimum Gasteiger partial charge on any atom is -0.314 e. The van der Waals surface area contributed by atoms with Crippen molar-refractivity contribution in [1.82, 2.24) is 5.32 Å². The van der Waals surface area contributed by atoms with Crippen molar-refractivity contribution in [2.24, 2.45) is 11.3 Å². The van der Waals surface area contributed by atoms with Crippen molar-refractivity contribution in [2.75, 3.05) is 6.54 Å². The van der Waals surface area contributed by atoms with Gasteiger partial charge in [0.05, 0.1) is 0 Å². The molecule has 0 aromatic rings. The van der Waals surface area contributed by atoms with Crippen molar-refractivity contribution in [1.29, 1.82) is 0 Å². The lowest BCUT2D eigenvalue weighted by atomic mass is 9.82. The van der Waals surface area contributed by atoms with Crippen LogP contribution in [0.4, 0.5) is 0 Å². The van der Waals surface area contributed by atoms with Gasteiger partial charge < -0.3 is 5.32 Å². The Morgan fingerprint density at radius 3 is 2.41 bits per heavy atom. The Kier molecular flexibility index (Phi) is 8.35. The molecule has 0 heterocycles. The molecule has 0 aliphatic carbocycles. The fourth-order valence-electron chi connectivity index (χ4n) is 2.66. The third-order valence-electron chi connectivity index (χ3n) is 3.01. The first-order valence-electron chi connectivity index (χ1n) is 7.06. The van der Waals surface area contributed by atoms with E-state index >= 15 is 0 Å². The van der Waals surface area contributed by atoms with Gasteiger partial charge in [-0.1, -0.05) is 34.6 Å². The highest BCUT2D eigenvalue weighted by atomic mass is 14.9. The van der Waals surface area contributed by atoms with E-state index in [-0.39, 0.29) is 0 Å². The van der Waals surface area contributed by atoms with Crippen LogP contribution in [0.25, 0.3) is 0 Å². The largest absolute Gasteiger partial charge is 0.314 e. The Morgan fingerprint density at radius 2 is 1.94 bits per heavy atom. The lowest BCUT2D eigenvalue weighted by Gasteiger charge is -2.27. The van der Waals surface area contributed by atoms with E-state index in [2.05, 4.69) is 45.9 Å². The normalized spacial score (nSPS) is 15.3. The first-order valence-corrected chi connectivity index (χ1v) is 7.06. The van der Waals surface area contributed by atoms with Gasteiger partial charge in [-0.15, -0.1) is 12.3 Å². The third-order valence-corrected chi connectivity index (χ3v) is 3.01. The number of terminal acetylenes is 1. The second-order valence-electron chi connectivity index (χ2n) is 6.46. The molecule has 100 valence electrons. The molecular formula is C16H31N. The molecule has 1 N–H and O–H groups in total. The Morgan fingerprint density at radius 1 is 1.29 bits per heavy atom. The molecule has 0 aliphatic heterocycles. The summed E-state index contributed by atoms with van der Waals surface area (Å²) in [6, 6.07) is 0.644. The molecule has 0 aliphatic rings. The van der Waals surface area contributed by atoms with Crippen LogP contribution in [0.15, 0.2) is 0 Å². The summed E-state index contributed by atoms with van der Waals surface area (Å²) in [5.74, 6) is 3.51. The van der Waals surface area contributed by atoms with Gasteiger partial charge in [0.15, 0.2) is 0 Å². The van der Waals surface area contributed by atoms with E-state index < -0.39 is 0 Å². The molecule has 1 nitrogen and oxygen atoms in total. The van der Waals surface area contributed by atoms with E-state index in [1.807, 2.05) is 0 Å². The smallest absolute Gasteiger partial charge is 0.00866 e. The van der Waals surface area contributed by atoms with Crippen molar-refractivity contribution < 1.29 is 0 Å². The molecule has 17 heavy (non-hydrogen) atoms. The minimum absolute atomic E-state index is 0.439. The van der Waals surface area contributed by atoms with Crippen LogP contribution < -0.4 is 5.32 Å². The molecular weight excluding hydrogens is 206 g/mol. The third kappa shape index (κ3) is 10.4. The molecule has 0 saturated heterocycles. The Bertz CT molecular complexity index is 219. The molecule has 0 spiro atoms. The topological polar surface area (TPSA) is 12.0 Å². The first-order chi connectivity index (χ1) is 7.89. The van der Waals surface area contributed by atoms with Gasteiger partial charge in [0, 0.05) is 12.5 Å². The van der Waals surface area contributed by atoms with Crippen LogP contribution in [-0.2, 0) is 0 Å². The minimum atomic E-state index is 0.439. The molecule has 0 saturated carbocycles. The summed E-state index contributed by atoms with van der Waals surface area (Å²) in [6.07, 6.45) is 11.1. The number of hydrogen-bond donors (Lipinski definition) is 1. The van der Waals surface area contributed by atoms with Crippen LogP contribution in [-0.4, -0.2) is 12.6 Å². The van der Waals surface area contributed by atoms with Crippen LogP contribution >= 0.6 is 0 Å². The average molecular weight is 237 g/mol. The van der Waals surface area contributed by atoms with Gasteiger partial charge in [0.1, 0.15) is 0 Å². The van der Waals surface area contributed by atoms with Gasteiger partial charge in [-0.25, -0.2) is 0 Å². The molecule has 0 aromatic carbocycles. The number of rotatable bonds is 8. The van der Waals surface area contributed by atoms with Gasteiger partial charge in [0.25, 0.3) is 0 Å². The van der Waals surface area contributed by atoms with E-state index in [1.165, 1.54) is 19.3 Å². The number of nitrogens with one attached hydrogen (secondary N) is 1. The molecule has 0 radical (unpaired) electrons. The standard InChI is InChI=1S/C16H31N/c1-7-9-10-11-15(17-8-2)12-14(3)13-16(4,5)6/h1,14-15,17H,8-13H2,2-6H3. The number of unbranched alkanes of at least 4 members (excludes halogenated alkanes) is 1. The lowest BCUT2D eigenvalue weighted by Crippen LogP contribution is -2.31. The number of hydrogen-bond acceptors (Lipinski definition) is 1. The second-order valence-corrected chi connectivity index (χ2v) is 6.46. The van der Waals surface area contributed by atoms with Crippen LogP contribution in [0, 0.1) is 23.7 Å². The van der Waals surface area contributed by atoms with Crippen molar-refractivity contribution in [3.63, 3.8) is 0 Å². The molecule has 0 fully saturated rings. The Balaban J connectivity index is 4.01. The Hall–Kier alpha value is -0.480. The predicted octanol–water partition coefficient (Wildman–Crippen LogP) is 4.23. The fourth-order valence-corrected chi connectivity index (χ4v) is 2.66. The van der Waals surface area contributed by atoms with E-state index in [0.29, 0.717) is 11.5 Å². The van der Waals surface area contributed by atoms with Gasteiger partial charge in [-0.05, 0) is 43.6 Å². The summed E-state index contributed by atoms with van der Waals surface area (Å²) in [5, 5.41) is 3.59. The molecule has 2 atom stereocenters. The highest BCUT2D eigenvalue weighted by molar-refractivity contribution is 4.84.